The van der Waals surface area contributed by atoms with E-state index >= 15 is 0 Å². The van der Waals surface area contributed by atoms with Crippen LogP contribution in [0.15, 0.2) is 59.6 Å². The van der Waals surface area contributed by atoms with Crippen LogP contribution in [0.5, 0.6) is 11.5 Å². The second-order valence-corrected chi connectivity index (χ2v) is 5.31. The average molecular weight is 301 g/mol. The first kappa shape index (κ1) is 15.3. The van der Waals surface area contributed by atoms with E-state index in [1.807, 2.05) is 60.9 Å². The molecule has 0 saturated carbocycles. The lowest BCUT2D eigenvalue weighted by Gasteiger charge is -2.09. The molecule has 0 fully saturated rings. The molecular formula is C16H19N3OS. The summed E-state index contributed by atoms with van der Waals surface area (Å²) in [5.41, 5.74) is 6.69. The number of guanidine groups is 1. The zero-order valence-electron chi connectivity index (χ0n) is 12.0. The molecule has 0 aromatic heterocycles. The van der Waals surface area contributed by atoms with Crippen molar-refractivity contribution >= 4 is 23.4 Å². The van der Waals surface area contributed by atoms with Crippen LogP contribution in [0.4, 0.5) is 5.69 Å². The number of nitrogens with one attached hydrogen (secondary N) is 1. The van der Waals surface area contributed by atoms with Gasteiger partial charge in [0, 0.05) is 17.5 Å². The molecule has 3 N–H and O–H groups in total. The summed E-state index contributed by atoms with van der Waals surface area (Å²) in [6.45, 7) is 0.709. The van der Waals surface area contributed by atoms with E-state index in [2.05, 4.69) is 10.3 Å². The summed E-state index contributed by atoms with van der Waals surface area (Å²) in [7, 11) is 0. The van der Waals surface area contributed by atoms with Crippen molar-refractivity contribution in [3.63, 3.8) is 0 Å². The molecule has 2 aromatic rings. The number of para-hydroxylation sites is 1. The minimum atomic E-state index is 0.418. The lowest BCUT2D eigenvalue weighted by Crippen LogP contribution is -2.23. The van der Waals surface area contributed by atoms with Crippen LogP contribution < -0.4 is 15.8 Å². The molecule has 0 spiro atoms. The maximum atomic E-state index is 5.84. The number of ether oxygens (including phenoxy) is 1. The van der Waals surface area contributed by atoms with Crippen molar-refractivity contribution in [1.82, 2.24) is 0 Å². The molecule has 21 heavy (non-hydrogen) atoms. The minimum absolute atomic E-state index is 0.418. The molecule has 0 atom stereocenters. The molecule has 4 nitrogen and oxygen atoms in total. The van der Waals surface area contributed by atoms with Crippen molar-refractivity contribution in [2.75, 3.05) is 23.9 Å². The normalized spacial score (nSPS) is 11.2. The highest BCUT2D eigenvalue weighted by Gasteiger charge is 2.00. The van der Waals surface area contributed by atoms with Crippen LogP contribution in [0.2, 0.25) is 0 Å². The first-order valence-electron chi connectivity index (χ1n) is 6.67. The van der Waals surface area contributed by atoms with E-state index in [4.69, 9.17) is 10.5 Å². The van der Waals surface area contributed by atoms with Gasteiger partial charge in [-0.3, -0.25) is 4.99 Å². The third-order valence-electron chi connectivity index (χ3n) is 2.66. The van der Waals surface area contributed by atoms with Gasteiger partial charge in [-0.1, -0.05) is 24.3 Å². The molecule has 110 valence electrons. The lowest BCUT2D eigenvalue weighted by atomic mass is 10.3. The standard InChI is InChI=1S/C16H19N3OS/c1-21-11-10-18-16(17)19-13-6-5-9-15(12-13)20-14-7-3-2-4-8-14/h2-9,12H,10-11H2,1H3,(H3,17,18,19). The summed E-state index contributed by atoms with van der Waals surface area (Å²) in [6.07, 6.45) is 2.05. The van der Waals surface area contributed by atoms with E-state index in [1.54, 1.807) is 11.8 Å². The number of benzene rings is 2. The highest BCUT2D eigenvalue weighted by molar-refractivity contribution is 7.98. The number of thioether (sulfide) groups is 1. The molecule has 5 heteroatoms. The van der Waals surface area contributed by atoms with Crippen molar-refractivity contribution in [1.29, 1.82) is 0 Å². The van der Waals surface area contributed by atoms with Crippen LogP contribution in [0.3, 0.4) is 0 Å². The number of rotatable bonds is 6. The zero-order valence-corrected chi connectivity index (χ0v) is 12.8. The van der Waals surface area contributed by atoms with Gasteiger partial charge in [-0.15, -0.1) is 0 Å². The van der Waals surface area contributed by atoms with Gasteiger partial charge in [0.25, 0.3) is 0 Å². The predicted octanol–water partition coefficient (Wildman–Crippen LogP) is 3.57. The fraction of sp³-hybridized carbons (Fsp3) is 0.188. The maximum Gasteiger partial charge on any atom is 0.193 e. The summed E-state index contributed by atoms with van der Waals surface area (Å²) in [5.74, 6) is 2.93. The Morgan fingerprint density at radius 3 is 2.67 bits per heavy atom. The van der Waals surface area contributed by atoms with Crippen LogP contribution >= 0.6 is 11.8 Å². The van der Waals surface area contributed by atoms with Gasteiger partial charge >= 0.3 is 0 Å². The number of anilines is 1. The van der Waals surface area contributed by atoms with E-state index in [0.717, 1.165) is 22.9 Å². The molecule has 0 aliphatic heterocycles. The monoisotopic (exact) mass is 301 g/mol. The van der Waals surface area contributed by atoms with Gasteiger partial charge in [0.1, 0.15) is 11.5 Å². The number of hydrogen-bond acceptors (Lipinski definition) is 3. The van der Waals surface area contributed by atoms with Gasteiger partial charge in [0.05, 0.1) is 6.54 Å². The molecular weight excluding hydrogens is 282 g/mol. The second-order valence-electron chi connectivity index (χ2n) is 4.33. The van der Waals surface area contributed by atoms with Crippen LogP contribution in [-0.2, 0) is 0 Å². The highest BCUT2D eigenvalue weighted by Crippen LogP contribution is 2.23. The summed E-state index contributed by atoms with van der Waals surface area (Å²) in [5, 5.41) is 3.07. The van der Waals surface area contributed by atoms with E-state index in [0.29, 0.717) is 12.5 Å². The number of hydrogen-bond donors (Lipinski definition) is 2. The molecule has 2 rings (SSSR count). The van der Waals surface area contributed by atoms with Crippen molar-refractivity contribution < 1.29 is 4.74 Å². The fourth-order valence-corrected chi connectivity index (χ4v) is 1.98. The molecule has 0 unspecified atom stereocenters. The van der Waals surface area contributed by atoms with Crippen LogP contribution in [0, 0.1) is 0 Å². The Bertz CT molecular complexity index is 587. The van der Waals surface area contributed by atoms with Crippen LogP contribution in [0.1, 0.15) is 0 Å². The SMILES string of the molecule is CSCCN=C(N)Nc1cccc(Oc2ccccc2)c1. The van der Waals surface area contributed by atoms with Crippen molar-refractivity contribution in [3.8, 4) is 11.5 Å². The molecule has 0 aliphatic carbocycles. The van der Waals surface area contributed by atoms with Crippen LogP contribution in [0.25, 0.3) is 0 Å². The van der Waals surface area contributed by atoms with E-state index in [1.165, 1.54) is 0 Å². The molecule has 0 heterocycles. The highest BCUT2D eigenvalue weighted by atomic mass is 32.2. The number of nitrogens with zero attached hydrogens (tertiary/aromatic N) is 1. The molecule has 0 radical (unpaired) electrons. The molecule has 0 amide bonds. The molecule has 0 bridgehead atoms. The predicted molar refractivity (Wildman–Crippen MR) is 91.5 cm³/mol. The fourth-order valence-electron chi connectivity index (χ4n) is 1.71. The van der Waals surface area contributed by atoms with Crippen molar-refractivity contribution in [3.05, 3.63) is 54.6 Å². The van der Waals surface area contributed by atoms with E-state index in [9.17, 15) is 0 Å². The van der Waals surface area contributed by atoms with Gasteiger partial charge in [-0.2, -0.15) is 11.8 Å². The Morgan fingerprint density at radius 1 is 1.14 bits per heavy atom. The minimum Gasteiger partial charge on any atom is -0.457 e. The quantitative estimate of drug-likeness (QED) is 0.486. The van der Waals surface area contributed by atoms with E-state index < -0.39 is 0 Å². The number of nitrogens with two attached hydrogens (primary N) is 1. The third kappa shape index (κ3) is 5.39. The largest absolute Gasteiger partial charge is 0.457 e. The number of aliphatic imine (C=N–C) groups is 1. The maximum absolute atomic E-state index is 5.84. The van der Waals surface area contributed by atoms with Gasteiger partial charge in [-0.25, -0.2) is 0 Å². The first-order chi connectivity index (χ1) is 10.3. The summed E-state index contributed by atoms with van der Waals surface area (Å²) < 4.78 is 5.78. The summed E-state index contributed by atoms with van der Waals surface area (Å²) >= 11 is 1.74. The lowest BCUT2D eigenvalue weighted by molar-refractivity contribution is 0.483. The van der Waals surface area contributed by atoms with Crippen molar-refractivity contribution in [2.45, 2.75) is 0 Å². The molecule has 0 aliphatic rings. The van der Waals surface area contributed by atoms with Gasteiger partial charge in [0.15, 0.2) is 5.96 Å². The first-order valence-corrected chi connectivity index (χ1v) is 8.06. The summed E-state index contributed by atoms with van der Waals surface area (Å²) in [6, 6.07) is 17.3. The Balaban J connectivity index is 1.99. The second kappa shape index (κ2) is 8.21. The van der Waals surface area contributed by atoms with Crippen molar-refractivity contribution in [2.24, 2.45) is 10.7 Å². The summed E-state index contributed by atoms with van der Waals surface area (Å²) in [4.78, 5) is 4.24. The third-order valence-corrected chi connectivity index (χ3v) is 3.25. The van der Waals surface area contributed by atoms with Gasteiger partial charge in [0.2, 0.25) is 0 Å². The smallest absolute Gasteiger partial charge is 0.193 e. The Morgan fingerprint density at radius 2 is 1.90 bits per heavy atom. The Kier molecular flexibility index (Phi) is 5.97. The topological polar surface area (TPSA) is 59.6 Å². The zero-order chi connectivity index (χ0) is 14.9. The molecule has 0 saturated heterocycles. The van der Waals surface area contributed by atoms with Gasteiger partial charge < -0.3 is 15.8 Å². The average Bonchev–Trinajstić information content (AvgIpc) is 2.49. The van der Waals surface area contributed by atoms with E-state index in [-0.39, 0.29) is 0 Å². The van der Waals surface area contributed by atoms with Gasteiger partial charge in [-0.05, 0) is 30.5 Å². The molecule has 2 aromatic carbocycles. The Labute approximate surface area is 129 Å². The van der Waals surface area contributed by atoms with Crippen LogP contribution in [-0.4, -0.2) is 24.5 Å². The Hall–Kier alpha value is -2.14.